The quantitative estimate of drug-likeness (QED) is 0.462. The van der Waals surface area contributed by atoms with Crippen molar-refractivity contribution in [3.63, 3.8) is 0 Å². The lowest BCUT2D eigenvalue weighted by molar-refractivity contribution is -0.146. The minimum Gasteiger partial charge on any atom is -0.458 e. The molecule has 0 aromatic rings. The van der Waals surface area contributed by atoms with Gasteiger partial charge in [-0.2, -0.15) is 0 Å². The fraction of sp³-hybridized carbons (Fsp3) is 0.800. The van der Waals surface area contributed by atoms with Crippen molar-refractivity contribution in [1.82, 2.24) is 0 Å². The average Bonchev–Trinajstić information content (AvgIpc) is 2.30. The highest BCUT2D eigenvalue weighted by molar-refractivity contribution is 5.69. The molecule has 2 nitrogen and oxygen atoms in total. The Morgan fingerprint density at radius 2 is 1.59 bits per heavy atom. The van der Waals surface area contributed by atoms with Crippen LogP contribution in [-0.2, 0) is 9.53 Å². The lowest BCUT2D eigenvalue weighted by atomic mass is 10.1. The van der Waals surface area contributed by atoms with Gasteiger partial charge in [-0.05, 0) is 32.3 Å². The molecule has 1 unspecified atom stereocenters. The molecule has 98 valence electrons. The fourth-order valence-corrected chi connectivity index (χ4v) is 2.19. The summed E-state index contributed by atoms with van der Waals surface area (Å²) in [4.78, 5) is 11.5. The van der Waals surface area contributed by atoms with Gasteiger partial charge in [0.05, 0.1) is 0 Å². The molecule has 0 aromatic carbocycles. The molecule has 0 saturated heterocycles. The van der Waals surface area contributed by atoms with Gasteiger partial charge < -0.3 is 4.74 Å². The molecule has 0 amide bonds. The molecule has 2 heteroatoms. The van der Waals surface area contributed by atoms with Crippen molar-refractivity contribution in [3.05, 3.63) is 12.2 Å². The van der Waals surface area contributed by atoms with E-state index in [1.165, 1.54) is 44.9 Å². The zero-order valence-corrected chi connectivity index (χ0v) is 11.1. The topological polar surface area (TPSA) is 26.3 Å². The van der Waals surface area contributed by atoms with E-state index in [2.05, 4.69) is 6.08 Å². The monoisotopic (exact) mass is 238 g/mol. The van der Waals surface area contributed by atoms with E-state index < -0.39 is 0 Å². The number of cyclic esters (lactones) is 1. The molecule has 1 atom stereocenters. The maximum absolute atomic E-state index is 11.5. The summed E-state index contributed by atoms with van der Waals surface area (Å²) in [5.74, 6) is -0.0444. The molecule has 1 aliphatic rings. The normalized spacial score (nSPS) is 25.7. The Morgan fingerprint density at radius 3 is 2.29 bits per heavy atom. The molecule has 0 aromatic heterocycles. The van der Waals surface area contributed by atoms with E-state index in [-0.39, 0.29) is 12.1 Å². The lowest BCUT2D eigenvalue weighted by Crippen LogP contribution is -2.12. The van der Waals surface area contributed by atoms with Crippen LogP contribution in [0.15, 0.2) is 12.2 Å². The molecule has 0 fully saturated rings. The van der Waals surface area contributed by atoms with Crippen molar-refractivity contribution in [2.75, 3.05) is 0 Å². The summed E-state index contributed by atoms with van der Waals surface area (Å²) in [6.45, 7) is 1.94. The van der Waals surface area contributed by atoms with Gasteiger partial charge >= 0.3 is 5.97 Å². The maximum Gasteiger partial charge on any atom is 0.306 e. The summed E-state index contributed by atoms with van der Waals surface area (Å²) in [6.07, 6.45) is 15.8. The Kier molecular flexibility index (Phi) is 7.78. The van der Waals surface area contributed by atoms with Gasteiger partial charge in [-0.25, -0.2) is 0 Å². The van der Waals surface area contributed by atoms with Crippen LogP contribution in [0.4, 0.5) is 0 Å². The number of hydrogen-bond acceptors (Lipinski definition) is 2. The van der Waals surface area contributed by atoms with Crippen LogP contribution in [0, 0.1) is 0 Å². The Morgan fingerprint density at radius 1 is 1.00 bits per heavy atom. The van der Waals surface area contributed by atoms with Crippen LogP contribution in [0.2, 0.25) is 0 Å². The summed E-state index contributed by atoms with van der Waals surface area (Å²) in [5, 5.41) is 0. The van der Waals surface area contributed by atoms with E-state index in [1.54, 1.807) is 0 Å². The first-order valence-electron chi connectivity index (χ1n) is 7.15. The zero-order chi connectivity index (χ0) is 12.3. The highest BCUT2D eigenvalue weighted by Gasteiger charge is 2.06. The predicted octanol–water partition coefficient (Wildman–Crippen LogP) is 4.39. The van der Waals surface area contributed by atoms with Crippen molar-refractivity contribution in [1.29, 1.82) is 0 Å². The highest BCUT2D eigenvalue weighted by Crippen LogP contribution is 2.12. The van der Waals surface area contributed by atoms with Gasteiger partial charge in [-0.3, -0.25) is 4.79 Å². The van der Waals surface area contributed by atoms with Crippen molar-refractivity contribution in [2.45, 2.75) is 77.2 Å². The second-order valence-electron chi connectivity index (χ2n) is 4.99. The third kappa shape index (κ3) is 8.00. The molecule has 1 rings (SSSR count). The van der Waals surface area contributed by atoms with Crippen LogP contribution in [0.5, 0.6) is 0 Å². The number of carbonyl (C=O) groups is 1. The van der Waals surface area contributed by atoms with Crippen molar-refractivity contribution >= 4 is 5.97 Å². The van der Waals surface area contributed by atoms with Gasteiger partial charge in [0.15, 0.2) is 0 Å². The molecule has 1 heterocycles. The Balaban J connectivity index is 2.31. The number of allylic oxidation sites excluding steroid dienone is 1. The largest absolute Gasteiger partial charge is 0.458 e. The van der Waals surface area contributed by atoms with E-state index in [0.29, 0.717) is 6.42 Å². The van der Waals surface area contributed by atoms with Gasteiger partial charge in [0.25, 0.3) is 0 Å². The summed E-state index contributed by atoms with van der Waals surface area (Å²) in [5.41, 5.74) is 0. The molecule has 0 aliphatic carbocycles. The number of ether oxygens (including phenoxy) is 1. The molecule has 0 saturated carbocycles. The van der Waals surface area contributed by atoms with Crippen LogP contribution in [0.1, 0.15) is 71.1 Å². The fourth-order valence-electron chi connectivity index (χ4n) is 2.19. The third-order valence-electron chi connectivity index (χ3n) is 3.23. The van der Waals surface area contributed by atoms with Crippen LogP contribution < -0.4 is 0 Å². The average molecular weight is 238 g/mol. The van der Waals surface area contributed by atoms with E-state index in [1.807, 2.05) is 13.0 Å². The van der Waals surface area contributed by atoms with Gasteiger partial charge in [-0.15, -0.1) is 0 Å². The summed E-state index contributed by atoms with van der Waals surface area (Å²) < 4.78 is 5.30. The minimum atomic E-state index is -0.0624. The van der Waals surface area contributed by atoms with Crippen molar-refractivity contribution in [2.24, 2.45) is 0 Å². The third-order valence-corrected chi connectivity index (χ3v) is 3.23. The van der Waals surface area contributed by atoms with Crippen LogP contribution in [-0.4, -0.2) is 12.1 Å². The summed E-state index contributed by atoms with van der Waals surface area (Å²) in [6, 6.07) is 0. The van der Waals surface area contributed by atoms with E-state index in [0.717, 1.165) is 12.8 Å². The minimum absolute atomic E-state index is 0.0444. The van der Waals surface area contributed by atoms with Gasteiger partial charge in [0, 0.05) is 6.42 Å². The van der Waals surface area contributed by atoms with Gasteiger partial charge in [0.2, 0.25) is 0 Å². The molecule has 0 bridgehead atoms. The first-order valence-corrected chi connectivity index (χ1v) is 7.15. The molecule has 17 heavy (non-hydrogen) atoms. The van der Waals surface area contributed by atoms with Gasteiger partial charge in [0.1, 0.15) is 6.10 Å². The van der Waals surface area contributed by atoms with Crippen molar-refractivity contribution < 1.29 is 9.53 Å². The lowest BCUT2D eigenvalue weighted by Gasteiger charge is -2.08. The second-order valence-corrected chi connectivity index (χ2v) is 4.99. The molecule has 1 aliphatic heterocycles. The number of carbonyl (C=O) groups excluding carboxylic acids is 1. The summed E-state index contributed by atoms with van der Waals surface area (Å²) >= 11 is 0. The number of rotatable bonds is 0. The standard InChI is InChI=1S/C15H26O2/c1-14-12-10-8-6-4-2-3-5-7-9-11-13-15(16)17-14/h10,12,14H,2-9,11,13H2,1H3. The highest BCUT2D eigenvalue weighted by atomic mass is 16.5. The van der Waals surface area contributed by atoms with Gasteiger partial charge in [-0.1, -0.05) is 44.6 Å². The second kappa shape index (κ2) is 9.26. The van der Waals surface area contributed by atoms with Crippen molar-refractivity contribution in [3.8, 4) is 0 Å². The SMILES string of the molecule is CC1C=CCCCCCCCCCCC(=O)O1. The van der Waals surface area contributed by atoms with Crippen LogP contribution in [0.3, 0.4) is 0 Å². The zero-order valence-electron chi connectivity index (χ0n) is 11.1. The smallest absolute Gasteiger partial charge is 0.306 e. The Hall–Kier alpha value is -0.790. The van der Waals surface area contributed by atoms with E-state index in [9.17, 15) is 4.79 Å². The van der Waals surface area contributed by atoms with Crippen LogP contribution >= 0.6 is 0 Å². The Bertz CT molecular complexity index is 233. The summed E-state index contributed by atoms with van der Waals surface area (Å²) in [7, 11) is 0. The number of hydrogen-bond donors (Lipinski definition) is 0. The number of esters is 1. The first kappa shape index (κ1) is 14.3. The molecular formula is C15H26O2. The van der Waals surface area contributed by atoms with E-state index in [4.69, 9.17) is 4.74 Å². The van der Waals surface area contributed by atoms with Crippen LogP contribution in [0.25, 0.3) is 0 Å². The predicted molar refractivity (Wildman–Crippen MR) is 70.9 cm³/mol. The molecule has 0 N–H and O–H groups in total. The molecule has 0 spiro atoms. The first-order chi connectivity index (χ1) is 8.29. The van der Waals surface area contributed by atoms with E-state index >= 15 is 0 Å². The molecular weight excluding hydrogens is 212 g/mol. The Labute approximate surface area is 105 Å². The maximum atomic E-state index is 11.5. The molecule has 0 radical (unpaired) electrons.